The van der Waals surface area contributed by atoms with E-state index >= 15 is 0 Å². The second-order valence-corrected chi connectivity index (χ2v) is 5.23. The molecule has 0 amide bonds. The average molecular weight is 269 g/mol. The van der Waals surface area contributed by atoms with Gasteiger partial charge >= 0.3 is 0 Å². The normalized spacial score (nSPS) is 14.5. The fraction of sp³-hybridized carbons (Fsp3) is 0.200. The topological polar surface area (TPSA) is 37.3 Å². The fourth-order valence-electron chi connectivity index (χ4n) is 2.10. The lowest BCUT2D eigenvalue weighted by atomic mass is 10.1. The first kappa shape index (κ1) is 12.4. The number of nitrogens with zero attached hydrogens (tertiary/aromatic N) is 2. The van der Waals surface area contributed by atoms with Crippen LogP contribution in [0.15, 0.2) is 52.5 Å². The summed E-state index contributed by atoms with van der Waals surface area (Å²) in [7, 11) is 0. The summed E-state index contributed by atoms with van der Waals surface area (Å²) in [6, 6.07) is 12.6. The zero-order valence-electron chi connectivity index (χ0n) is 10.8. The molecule has 0 radical (unpaired) electrons. The van der Waals surface area contributed by atoms with E-state index in [1.54, 1.807) is 11.8 Å². The van der Waals surface area contributed by atoms with Crippen LogP contribution in [0.1, 0.15) is 5.56 Å². The smallest absolute Gasteiger partial charge is 0.0891 e. The minimum atomic E-state index is 0.718. The molecule has 0 bridgehead atoms. The summed E-state index contributed by atoms with van der Waals surface area (Å²) in [5.41, 5.74) is 4.42. The van der Waals surface area contributed by atoms with E-state index < -0.39 is 0 Å². The molecule has 0 fully saturated rings. The van der Waals surface area contributed by atoms with Gasteiger partial charge in [0.25, 0.3) is 0 Å². The van der Waals surface area contributed by atoms with Gasteiger partial charge in [-0.05, 0) is 30.5 Å². The first-order valence-corrected chi connectivity index (χ1v) is 7.44. The molecule has 0 aliphatic carbocycles. The van der Waals surface area contributed by atoms with Crippen molar-refractivity contribution in [1.29, 1.82) is 0 Å². The van der Waals surface area contributed by atoms with E-state index in [0.717, 1.165) is 35.7 Å². The molecule has 1 aliphatic heterocycles. The lowest BCUT2D eigenvalue weighted by molar-refractivity contribution is 0.850. The van der Waals surface area contributed by atoms with E-state index in [1.165, 1.54) is 4.90 Å². The number of nitrogens with one attached hydrogen (secondary N) is 1. The molecule has 0 saturated heterocycles. The van der Waals surface area contributed by atoms with Crippen LogP contribution in [0.4, 0.5) is 0 Å². The van der Waals surface area contributed by atoms with Crippen LogP contribution in [0.3, 0.4) is 0 Å². The summed E-state index contributed by atoms with van der Waals surface area (Å²) >= 11 is 1.75. The second-order valence-electron chi connectivity index (χ2n) is 4.35. The van der Waals surface area contributed by atoms with Gasteiger partial charge < -0.3 is 0 Å². The molecule has 2 heterocycles. The molecular formula is C15H15N3S. The number of hydrogen-bond acceptors (Lipinski definition) is 4. The molecule has 0 atom stereocenters. The van der Waals surface area contributed by atoms with Gasteiger partial charge in [-0.2, -0.15) is 0 Å². The summed E-state index contributed by atoms with van der Waals surface area (Å²) in [4.78, 5) is 10.2. The van der Waals surface area contributed by atoms with Crippen LogP contribution in [-0.2, 0) is 0 Å². The molecule has 3 nitrogen and oxygen atoms in total. The highest BCUT2D eigenvalue weighted by molar-refractivity contribution is 7.98. The molecule has 3 rings (SSSR count). The van der Waals surface area contributed by atoms with Crippen LogP contribution in [0, 0.1) is 0 Å². The highest BCUT2D eigenvalue weighted by atomic mass is 32.2. The van der Waals surface area contributed by atoms with Gasteiger partial charge in [0.05, 0.1) is 18.1 Å². The third kappa shape index (κ3) is 2.69. The minimum absolute atomic E-state index is 0.718. The van der Waals surface area contributed by atoms with Crippen LogP contribution >= 0.6 is 11.8 Å². The first-order valence-electron chi connectivity index (χ1n) is 6.22. The maximum Gasteiger partial charge on any atom is 0.0891 e. The highest BCUT2D eigenvalue weighted by Gasteiger charge is 2.09. The van der Waals surface area contributed by atoms with Crippen molar-refractivity contribution >= 4 is 17.5 Å². The van der Waals surface area contributed by atoms with Crippen LogP contribution < -0.4 is 5.32 Å². The quantitative estimate of drug-likeness (QED) is 0.871. The Morgan fingerprint density at radius 3 is 2.63 bits per heavy atom. The highest BCUT2D eigenvalue weighted by Crippen LogP contribution is 2.22. The molecule has 4 heteroatoms. The molecule has 96 valence electrons. The number of benzene rings is 1. The van der Waals surface area contributed by atoms with Crippen LogP contribution in [0.5, 0.6) is 0 Å². The number of aromatic nitrogens is 1. The van der Waals surface area contributed by atoms with Crippen molar-refractivity contribution in [1.82, 2.24) is 10.3 Å². The molecule has 1 aliphatic rings. The molecule has 1 N–H and O–H groups in total. The minimum Gasteiger partial charge on any atom is -0.293 e. The van der Waals surface area contributed by atoms with E-state index in [9.17, 15) is 0 Å². The first-order chi connectivity index (χ1) is 9.36. The Bertz CT molecular complexity index is 605. The Balaban J connectivity index is 1.93. The Hall–Kier alpha value is -1.65. The van der Waals surface area contributed by atoms with Gasteiger partial charge in [0.1, 0.15) is 0 Å². The number of aliphatic imine (C=N–C) groups is 1. The van der Waals surface area contributed by atoms with Crippen molar-refractivity contribution in [2.45, 2.75) is 4.90 Å². The van der Waals surface area contributed by atoms with Gasteiger partial charge in [-0.15, -0.1) is 11.8 Å². The Labute approximate surface area is 117 Å². The maximum atomic E-state index is 4.45. The Morgan fingerprint density at radius 1 is 1.11 bits per heavy atom. The van der Waals surface area contributed by atoms with Gasteiger partial charge in [-0.25, -0.2) is 0 Å². The van der Waals surface area contributed by atoms with Gasteiger partial charge in [-0.3, -0.25) is 15.3 Å². The molecular weight excluding hydrogens is 254 g/mol. The summed E-state index contributed by atoms with van der Waals surface area (Å²) in [6.45, 7) is 1.56. The average Bonchev–Trinajstić information content (AvgIpc) is 3.02. The van der Waals surface area contributed by atoms with E-state index in [0.29, 0.717) is 0 Å². The Morgan fingerprint density at radius 2 is 1.95 bits per heavy atom. The number of hydrogen-bond donors (Lipinski definition) is 1. The van der Waals surface area contributed by atoms with Crippen molar-refractivity contribution in [3.8, 4) is 11.3 Å². The maximum absolute atomic E-state index is 4.45. The SMILES string of the molecule is CSc1ccc(-c2cc(C3=NCNC3)ccn2)cc1. The van der Waals surface area contributed by atoms with Crippen LogP contribution in [-0.4, -0.2) is 30.2 Å². The molecule has 0 spiro atoms. The van der Waals surface area contributed by atoms with Crippen LogP contribution in [0.2, 0.25) is 0 Å². The van der Waals surface area contributed by atoms with E-state index in [1.807, 2.05) is 12.3 Å². The summed E-state index contributed by atoms with van der Waals surface area (Å²) in [5.74, 6) is 0. The zero-order chi connectivity index (χ0) is 13.1. The van der Waals surface area contributed by atoms with Crippen molar-refractivity contribution in [2.24, 2.45) is 4.99 Å². The standard InChI is InChI=1S/C15H15N3S/c1-19-13-4-2-11(3-5-13)14-8-12(6-7-17-14)15-9-16-10-18-15/h2-8,16H,9-10H2,1H3. The van der Waals surface area contributed by atoms with Crippen molar-refractivity contribution in [3.05, 3.63) is 48.2 Å². The number of pyridine rings is 1. The lowest BCUT2D eigenvalue weighted by Crippen LogP contribution is -2.14. The summed E-state index contributed by atoms with van der Waals surface area (Å²) in [6.07, 6.45) is 3.94. The third-order valence-corrected chi connectivity index (χ3v) is 3.90. The van der Waals surface area contributed by atoms with Crippen LogP contribution in [0.25, 0.3) is 11.3 Å². The summed E-state index contributed by atoms with van der Waals surface area (Å²) < 4.78 is 0. The fourth-order valence-corrected chi connectivity index (χ4v) is 2.51. The predicted molar refractivity (Wildman–Crippen MR) is 80.9 cm³/mol. The van der Waals surface area contributed by atoms with Crippen molar-refractivity contribution in [2.75, 3.05) is 19.5 Å². The summed E-state index contributed by atoms with van der Waals surface area (Å²) in [5, 5.41) is 3.22. The lowest BCUT2D eigenvalue weighted by Gasteiger charge is -2.05. The molecule has 2 aromatic rings. The van der Waals surface area contributed by atoms with E-state index in [2.05, 4.69) is 51.9 Å². The molecule has 1 aromatic carbocycles. The largest absolute Gasteiger partial charge is 0.293 e. The number of rotatable bonds is 3. The van der Waals surface area contributed by atoms with Gasteiger partial charge in [0.2, 0.25) is 0 Å². The number of thioether (sulfide) groups is 1. The molecule has 1 aromatic heterocycles. The van der Waals surface area contributed by atoms with E-state index in [4.69, 9.17) is 0 Å². The monoisotopic (exact) mass is 269 g/mol. The molecule has 0 saturated carbocycles. The molecule has 19 heavy (non-hydrogen) atoms. The van der Waals surface area contributed by atoms with Crippen molar-refractivity contribution in [3.63, 3.8) is 0 Å². The Kier molecular flexibility index (Phi) is 3.62. The third-order valence-electron chi connectivity index (χ3n) is 3.15. The van der Waals surface area contributed by atoms with Gasteiger partial charge in [0, 0.05) is 28.8 Å². The zero-order valence-corrected chi connectivity index (χ0v) is 11.6. The van der Waals surface area contributed by atoms with E-state index in [-0.39, 0.29) is 0 Å². The van der Waals surface area contributed by atoms with Gasteiger partial charge in [-0.1, -0.05) is 12.1 Å². The van der Waals surface area contributed by atoms with Crippen molar-refractivity contribution < 1.29 is 0 Å². The second kappa shape index (κ2) is 5.55. The van der Waals surface area contributed by atoms with Gasteiger partial charge in [0.15, 0.2) is 0 Å². The molecule has 0 unspecified atom stereocenters. The predicted octanol–water partition coefficient (Wildman–Crippen LogP) is 2.82.